The number of methoxy groups -OCH3 is 1. The van der Waals surface area contributed by atoms with Crippen LogP contribution in [0.25, 0.3) is 0 Å². The van der Waals surface area contributed by atoms with Crippen LogP contribution in [0.4, 0.5) is 14.5 Å². The lowest BCUT2D eigenvalue weighted by atomic mass is 9.85. The maximum atomic E-state index is 12.5. The van der Waals surface area contributed by atoms with E-state index in [1.807, 2.05) is 6.92 Å². The molecule has 1 aromatic carbocycles. The molecule has 5 nitrogen and oxygen atoms in total. The van der Waals surface area contributed by atoms with Gasteiger partial charge in [0.1, 0.15) is 11.5 Å². The van der Waals surface area contributed by atoms with Crippen LogP contribution in [-0.2, 0) is 4.79 Å². The van der Waals surface area contributed by atoms with Gasteiger partial charge in [-0.3, -0.25) is 4.79 Å². The van der Waals surface area contributed by atoms with E-state index >= 15 is 0 Å². The van der Waals surface area contributed by atoms with Crippen LogP contribution < -0.4 is 20.1 Å². The highest BCUT2D eigenvalue weighted by Gasteiger charge is 2.22. The minimum absolute atomic E-state index is 0.0777. The molecule has 1 saturated heterocycles. The highest BCUT2D eigenvalue weighted by Crippen LogP contribution is 2.31. The Kier molecular flexibility index (Phi) is 6.78. The SMILES string of the molecule is COc1ccc(OC(F)F)c(NC(=O)CC(C)C2CCCNC2)c1. The number of nitrogens with one attached hydrogen (secondary N) is 2. The largest absolute Gasteiger partial charge is 0.497 e. The van der Waals surface area contributed by atoms with E-state index in [9.17, 15) is 13.6 Å². The van der Waals surface area contributed by atoms with E-state index in [1.165, 1.54) is 25.3 Å². The zero-order chi connectivity index (χ0) is 17.5. The van der Waals surface area contributed by atoms with Gasteiger partial charge in [0, 0.05) is 12.5 Å². The molecule has 7 heteroatoms. The van der Waals surface area contributed by atoms with E-state index in [4.69, 9.17) is 4.74 Å². The van der Waals surface area contributed by atoms with E-state index in [0.717, 1.165) is 25.9 Å². The smallest absolute Gasteiger partial charge is 0.387 e. The molecule has 0 radical (unpaired) electrons. The lowest BCUT2D eigenvalue weighted by Crippen LogP contribution is -2.34. The molecule has 1 amide bonds. The first-order valence-electron chi connectivity index (χ1n) is 8.13. The number of alkyl halides is 2. The van der Waals surface area contributed by atoms with Crippen molar-refractivity contribution >= 4 is 11.6 Å². The second-order valence-electron chi connectivity index (χ2n) is 6.08. The third-order valence-electron chi connectivity index (χ3n) is 4.32. The van der Waals surface area contributed by atoms with Gasteiger partial charge in [-0.25, -0.2) is 0 Å². The summed E-state index contributed by atoms with van der Waals surface area (Å²) < 4.78 is 34.5. The Morgan fingerprint density at radius 3 is 2.88 bits per heavy atom. The molecule has 1 aromatic rings. The molecule has 0 aromatic heterocycles. The number of anilines is 1. The molecule has 1 aliphatic rings. The molecule has 24 heavy (non-hydrogen) atoms. The Hall–Kier alpha value is -1.89. The number of carbonyl (C=O) groups excluding carboxylic acids is 1. The molecule has 2 rings (SSSR count). The Labute approximate surface area is 140 Å². The van der Waals surface area contributed by atoms with Gasteiger partial charge in [-0.05, 0) is 49.9 Å². The van der Waals surface area contributed by atoms with Gasteiger partial charge in [-0.2, -0.15) is 8.78 Å². The van der Waals surface area contributed by atoms with Crippen LogP contribution in [0.5, 0.6) is 11.5 Å². The summed E-state index contributed by atoms with van der Waals surface area (Å²) in [7, 11) is 1.47. The minimum atomic E-state index is -2.96. The summed E-state index contributed by atoms with van der Waals surface area (Å²) >= 11 is 0. The van der Waals surface area contributed by atoms with Crippen molar-refractivity contribution in [3.8, 4) is 11.5 Å². The molecule has 0 saturated carbocycles. The quantitative estimate of drug-likeness (QED) is 0.798. The van der Waals surface area contributed by atoms with Gasteiger partial charge in [0.2, 0.25) is 5.91 Å². The summed E-state index contributed by atoms with van der Waals surface area (Å²) in [5, 5.41) is 6.00. The molecule has 1 aliphatic heterocycles. The van der Waals surface area contributed by atoms with Crippen molar-refractivity contribution in [1.82, 2.24) is 5.32 Å². The standard InChI is InChI=1S/C17H24F2N2O3/c1-11(12-4-3-7-20-10-12)8-16(22)21-14-9-13(23-2)5-6-15(14)24-17(18)19/h5-6,9,11-12,17,20H,3-4,7-8,10H2,1-2H3,(H,21,22). The van der Waals surface area contributed by atoms with Gasteiger partial charge in [0.15, 0.2) is 0 Å². The summed E-state index contributed by atoms with van der Waals surface area (Å²) in [5.41, 5.74) is 0.189. The number of hydrogen-bond donors (Lipinski definition) is 2. The van der Waals surface area contributed by atoms with Crippen molar-refractivity contribution < 1.29 is 23.0 Å². The van der Waals surface area contributed by atoms with Gasteiger partial charge >= 0.3 is 6.61 Å². The second kappa shape index (κ2) is 8.82. The molecule has 1 fully saturated rings. The molecule has 2 N–H and O–H groups in total. The Morgan fingerprint density at radius 1 is 1.46 bits per heavy atom. The normalized spacial score (nSPS) is 19.0. The Balaban J connectivity index is 2.01. The predicted molar refractivity (Wildman–Crippen MR) is 87.6 cm³/mol. The summed E-state index contributed by atoms with van der Waals surface area (Å²) in [6.07, 6.45) is 2.54. The molecule has 0 spiro atoms. The lowest BCUT2D eigenvalue weighted by molar-refractivity contribution is -0.117. The Bertz CT molecular complexity index is 549. The van der Waals surface area contributed by atoms with Gasteiger partial charge in [0.05, 0.1) is 12.8 Å². The highest BCUT2D eigenvalue weighted by atomic mass is 19.3. The van der Waals surface area contributed by atoms with Crippen LogP contribution in [-0.4, -0.2) is 32.7 Å². The van der Waals surface area contributed by atoms with Crippen molar-refractivity contribution in [2.24, 2.45) is 11.8 Å². The highest BCUT2D eigenvalue weighted by molar-refractivity contribution is 5.92. The van der Waals surface area contributed by atoms with Crippen molar-refractivity contribution in [2.75, 3.05) is 25.5 Å². The number of carbonyl (C=O) groups is 1. The van der Waals surface area contributed by atoms with E-state index in [0.29, 0.717) is 18.1 Å². The molecule has 0 aliphatic carbocycles. The van der Waals surface area contributed by atoms with Crippen molar-refractivity contribution in [1.29, 1.82) is 0 Å². The van der Waals surface area contributed by atoms with Crippen molar-refractivity contribution in [2.45, 2.75) is 32.8 Å². The molecular formula is C17H24F2N2O3. The number of piperidine rings is 1. The zero-order valence-electron chi connectivity index (χ0n) is 14.0. The second-order valence-corrected chi connectivity index (χ2v) is 6.08. The average Bonchev–Trinajstić information content (AvgIpc) is 2.56. The maximum Gasteiger partial charge on any atom is 0.387 e. The van der Waals surface area contributed by atoms with Crippen LogP contribution in [0.2, 0.25) is 0 Å². The summed E-state index contributed by atoms with van der Waals surface area (Å²) in [4.78, 5) is 12.3. The van der Waals surface area contributed by atoms with Gasteiger partial charge < -0.3 is 20.1 Å². The van der Waals surface area contributed by atoms with Gasteiger partial charge in [0.25, 0.3) is 0 Å². The van der Waals surface area contributed by atoms with Crippen LogP contribution in [0.1, 0.15) is 26.2 Å². The van der Waals surface area contributed by atoms with Crippen molar-refractivity contribution in [3.05, 3.63) is 18.2 Å². The van der Waals surface area contributed by atoms with Crippen LogP contribution in [0.15, 0.2) is 18.2 Å². The van der Waals surface area contributed by atoms with E-state index in [1.54, 1.807) is 0 Å². The summed E-state index contributed by atoms with van der Waals surface area (Å²) in [6.45, 7) is 1.02. The average molecular weight is 342 g/mol. The third kappa shape index (κ3) is 5.33. The number of hydrogen-bond acceptors (Lipinski definition) is 4. The number of rotatable bonds is 7. The van der Waals surface area contributed by atoms with Gasteiger partial charge in [-0.15, -0.1) is 0 Å². The first kappa shape index (κ1) is 18.4. The van der Waals surface area contributed by atoms with Crippen LogP contribution in [0.3, 0.4) is 0 Å². The fourth-order valence-electron chi connectivity index (χ4n) is 2.96. The minimum Gasteiger partial charge on any atom is -0.497 e. The number of ether oxygens (including phenoxy) is 2. The first-order chi connectivity index (χ1) is 11.5. The third-order valence-corrected chi connectivity index (χ3v) is 4.32. The fourth-order valence-corrected chi connectivity index (χ4v) is 2.96. The Morgan fingerprint density at radius 2 is 2.25 bits per heavy atom. The molecule has 2 unspecified atom stereocenters. The fraction of sp³-hybridized carbons (Fsp3) is 0.588. The monoisotopic (exact) mass is 342 g/mol. The number of benzene rings is 1. The number of halogens is 2. The molecule has 2 atom stereocenters. The van der Waals surface area contributed by atoms with Crippen molar-refractivity contribution in [3.63, 3.8) is 0 Å². The summed E-state index contributed by atoms with van der Waals surface area (Å²) in [6, 6.07) is 4.33. The molecule has 134 valence electrons. The molecule has 0 bridgehead atoms. The van der Waals surface area contributed by atoms with Gasteiger partial charge in [-0.1, -0.05) is 6.92 Å². The zero-order valence-corrected chi connectivity index (χ0v) is 14.0. The number of amides is 1. The topological polar surface area (TPSA) is 59.6 Å². The lowest BCUT2D eigenvalue weighted by Gasteiger charge is -2.28. The van der Waals surface area contributed by atoms with Crippen LogP contribution in [0, 0.1) is 11.8 Å². The van der Waals surface area contributed by atoms with E-state index < -0.39 is 6.61 Å². The predicted octanol–water partition coefficient (Wildman–Crippen LogP) is 3.26. The van der Waals surface area contributed by atoms with E-state index in [2.05, 4.69) is 15.4 Å². The first-order valence-corrected chi connectivity index (χ1v) is 8.13. The molecular weight excluding hydrogens is 318 g/mol. The van der Waals surface area contributed by atoms with E-state index in [-0.39, 0.29) is 23.3 Å². The maximum absolute atomic E-state index is 12.5. The molecule has 1 heterocycles. The summed E-state index contributed by atoms with van der Waals surface area (Å²) in [5.74, 6) is 0.817. The van der Waals surface area contributed by atoms with Crippen LogP contribution >= 0.6 is 0 Å².